The van der Waals surface area contributed by atoms with Gasteiger partial charge in [0, 0.05) is 24.5 Å². The molecule has 0 spiro atoms. The van der Waals surface area contributed by atoms with E-state index in [0.717, 1.165) is 30.0 Å². The summed E-state index contributed by atoms with van der Waals surface area (Å²) < 4.78 is 1.82. The van der Waals surface area contributed by atoms with Gasteiger partial charge in [0.15, 0.2) is 10.8 Å². The fourth-order valence-corrected chi connectivity index (χ4v) is 5.23. The van der Waals surface area contributed by atoms with Crippen LogP contribution in [0.3, 0.4) is 0 Å². The Morgan fingerprint density at radius 3 is 2.70 bits per heavy atom. The lowest BCUT2D eigenvalue weighted by molar-refractivity contribution is -0.130. The highest BCUT2D eigenvalue weighted by Gasteiger charge is 2.26. The van der Waals surface area contributed by atoms with Crippen LogP contribution in [0.2, 0.25) is 0 Å². The number of rotatable bonds is 4. The van der Waals surface area contributed by atoms with Crippen LogP contribution in [0.1, 0.15) is 31.5 Å². The highest BCUT2D eigenvalue weighted by molar-refractivity contribution is 7.99. The summed E-state index contributed by atoms with van der Waals surface area (Å²) in [5.74, 6) is 1.48. The van der Waals surface area contributed by atoms with Crippen LogP contribution in [-0.4, -0.2) is 49.4 Å². The molecule has 1 aliphatic rings. The molecule has 3 heterocycles. The molecule has 2 N–H and O–H groups in total. The molecule has 2 aromatic heterocycles. The predicted octanol–water partition coefficient (Wildman–Crippen LogP) is 3.44. The van der Waals surface area contributed by atoms with Crippen LogP contribution in [-0.2, 0) is 4.79 Å². The minimum Gasteiger partial charge on any atom is -0.341 e. The van der Waals surface area contributed by atoms with Crippen molar-refractivity contribution >= 4 is 28.7 Å². The zero-order valence-corrected chi connectivity index (χ0v) is 18.7. The number of aromatic amines is 1. The topological polar surface area (TPSA) is 90.7 Å². The number of amides is 1. The molecule has 0 aliphatic carbocycles. The number of fused-ring (bicyclic) bond motifs is 1. The molecule has 3 aromatic rings. The first-order valence-electron chi connectivity index (χ1n) is 10.3. The second-order valence-electron chi connectivity index (χ2n) is 8.50. The summed E-state index contributed by atoms with van der Waals surface area (Å²) in [5, 5.41) is 17.3. The first-order valence-corrected chi connectivity index (χ1v) is 11.3. The van der Waals surface area contributed by atoms with Crippen molar-refractivity contribution < 1.29 is 4.79 Å². The van der Waals surface area contributed by atoms with Gasteiger partial charge in [-0.3, -0.25) is 19.9 Å². The molecule has 8 heteroatoms. The van der Waals surface area contributed by atoms with Gasteiger partial charge in [-0.05, 0) is 49.8 Å². The van der Waals surface area contributed by atoms with Crippen LogP contribution in [0.5, 0.6) is 0 Å². The lowest BCUT2D eigenvalue weighted by Gasteiger charge is -2.35. The minimum atomic E-state index is 0.126. The molecule has 30 heavy (non-hydrogen) atoms. The summed E-state index contributed by atoms with van der Waals surface area (Å²) in [6.45, 7) is 9.96. The summed E-state index contributed by atoms with van der Waals surface area (Å²) >= 11 is 1.38. The average molecular weight is 425 g/mol. The maximum absolute atomic E-state index is 12.9. The number of nitrogens with zero attached hydrogens (tertiary/aromatic N) is 4. The number of nitrogens with one attached hydrogen (secondary N) is 2. The Labute approximate surface area is 180 Å². The number of benzene rings is 1. The van der Waals surface area contributed by atoms with Gasteiger partial charge in [0.05, 0.1) is 11.1 Å². The van der Waals surface area contributed by atoms with Gasteiger partial charge < -0.3 is 4.90 Å². The second kappa shape index (κ2) is 8.26. The predicted molar refractivity (Wildman–Crippen MR) is 119 cm³/mol. The molecule has 1 amide bonds. The Bertz CT molecular complexity index is 1140. The van der Waals surface area contributed by atoms with Gasteiger partial charge in [-0.1, -0.05) is 37.7 Å². The molecular weight excluding hydrogens is 396 g/mol. The standard InChI is InChI=1S/C22H28N6OS/c1-13-6-5-7-17(9-13)28-20(23)19-16(4)25-26-21(19)24-22(28)30-12-18(29)27-10-14(2)8-15(3)11-27/h5-7,9,14-15,23H,8,10-12H2,1-4H3,(H,25,26)/t14-,15-/m0/s1. The van der Waals surface area contributed by atoms with Gasteiger partial charge in [0.1, 0.15) is 5.49 Å². The molecule has 2 atom stereocenters. The SMILES string of the molecule is Cc1cccc(-n2c(SCC(=O)N3C[C@@H](C)C[C@H](C)C3)nc3n[nH]c(C)c3c2=N)c1. The van der Waals surface area contributed by atoms with Gasteiger partial charge in [0.25, 0.3) is 0 Å². The quantitative estimate of drug-likeness (QED) is 0.496. The Morgan fingerprint density at radius 2 is 2.00 bits per heavy atom. The number of aryl methyl sites for hydroxylation is 2. The van der Waals surface area contributed by atoms with Crippen LogP contribution < -0.4 is 5.49 Å². The monoisotopic (exact) mass is 424 g/mol. The van der Waals surface area contributed by atoms with Crippen molar-refractivity contribution in [2.24, 2.45) is 11.8 Å². The molecule has 158 valence electrons. The number of H-pyrrole nitrogens is 1. The first kappa shape index (κ1) is 20.7. The van der Waals surface area contributed by atoms with E-state index in [9.17, 15) is 4.79 Å². The van der Waals surface area contributed by atoms with Gasteiger partial charge in [0.2, 0.25) is 5.91 Å². The van der Waals surface area contributed by atoms with Crippen LogP contribution in [0, 0.1) is 31.1 Å². The van der Waals surface area contributed by atoms with E-state index in [1.807, 2.05) is 47.6 Å². The molecule has 1 fully saturated rings. The molecule has 0 radical (unpaired) electrons. The number of thioether (sulfide) groups is 1. The third-order valence-electron chi connectivity index (χ3n) is 5.59. The molecule has 1 aromatic carbocycles. The highest BCUT2D eigenvalue weighted by atomic mass is 32.2. The maximum atomic E-state index is 12.9. The lowest BCUT2D eigenvalue weighted by atomic mass is 9.92. The van der Waals surface area contributed by atoms with Gasteiger partial charge in [-0.25, -0.2) is 4.98 Å². The van der Waals surface area contributed by atoms with E-state index in [-0.39, 0.29) is 5.91 Å². The van der Waals surface area contributed by atoms with E-state index >= 15 is 0 Å². The van der Waals surface area contributed by atoms with Crippen LogP contribution in [0.4, 0.5) is 0 Å². The second-order valence-corrected chi connectivity index (χ2v) is 9.44. The van der Waals surface area contributed by atoms with E-state index in [0.29, 0.717) is 39.3 Å². The molecular formula is C22H28N6OS. The zero-order chi connectivity index (χ0) is 21.4. The number of carbonyl (C=O) groups excluding carboxylic acids is 1. The maximum Gasteiger partial charge on any atom is 0.233 e. The minimum absolute atomic E-state index is 0.126. The van der Waals surface area contributed by atoms with Gasteiger partial charge in [-0.2, -0.15) is 5.10 Å². The normalized spacial score (nSPS) is 19.4. The Morgan fingerprint density at radius 1 is 1.27 bits per heavy atom. The van der Waals surface area contributed by atoms with Crippen molar-refractivity contribution in [1.82, 2.24) is 24.6 Å². The van der Waals surface area contributed by atoms with E-state index in [4.69, 9.17) is 10.4 Å². The number of hydrogen-bond acceptors (Lipinski definition) is 5. The fraction of sp³-hybridized carbons (Fsp3) is 0.455. The summed E-state index contributed by atoms with van der Waals surface area (Å²) in [6, 6.07) is 7.99. The molecule has 4 rings (SSSR count). The zero-order valence-electron chi connectivity index (χ0n) is 17.9. The van der Waals surface area contributed by atoms with E-state index in [1.165, 1.54) is 18.2 Å². The third kappa shape index (κ3) is 4.01. The lowest BCUT2D eigenvalue weighted by Crippen LogP contribution is -2.43. The van der Waals surface area contributed by atoms with Crippen molar-refractivity contribution in [1.29, 1.82) is 5.41 Å². The van der Waals surface area contributed by atoms with Crippen molar-refractivity contribution in [3.05, 3.63) is 41.0 Å². The third-order valence-corrected chi connectivity index (χ3v) is 6.51. The Kier molecular flexibility index (Phi) is 5.69. The summed E-state index contributed by atoms with van der Waals surface area (Å²) in [4.78, 5) is 19.6. The van der Waals surface area contributed by atoms with Crippen LogP contribution in [0.15, 0.2) is 29.4 Å². The smallest absolute Gasteiger partial charge is 0.233 e. The Balaban J connectivity index is 1.69. The summed E-state index contributed by atoms with van der Waals surface area (Å²) in [6.07, 6.45) is 1.17. The van der Waals surface area contributed by atoms with Crippen LogP contribution >= 0.6 is 11.8 Å². The fourth-order valence-electron chi connectivity index (χ4n) is 4.32. The Hall–Kier alpha value is -2.61. The molecule has 1 aliphatic heterocycles. The summed E-state index contributed by atoms with van der Waals surface area (Å²) in [5.41, 5.74) is 3.62. The number of likely N-dealkylation sites (tertiary alicyclic amines) is 1. The first-order chi connectivity index (χ1) is 14.3. The number of carbonyl (C=O) groups is 1. The molecule has 0 unspecified atom stereocenters. The average Bonchev–Trinajstić information content (AvgIpc) is 3.06. The van der Waals surface area contributed by atoms with Crippen molar-refractivity contribution in [2.45, 2.75) is 39.3 Å². The largest absolute Gasteiger partial charge is 0.341 e. The van der Waals surface area contributed by atoms with Crippen molar-refractivity contribution in [3.8, 4) is 5.69 Å². The highest BCUT2D eigenvalue weighted by Crippen LogP contribution is 2.25. The number of hydrogen-bond donors (Lipinski definition) is 2. The number of piperidine rings is 1. The van der Waals surface area contributed by atoms with Crippen LogP contribution in [0.25, 0.3) is 16.7 Å². The van der Waals surface area contributed by atoms with E-state index in [2.05, 4.69) is 24.0 Å². The molecule has 0 bridgehead atoms. The van der Waals surface area contributed by atoms with Crippen molar-refractivity contribution in [3.63, 3.8) is 0 Å². The van der Waals surface area contributed by atoms with Crippen molar-refractivity contribution in [2.75, 3.05) is 18.8 Å². The summed E-state index contributed by atoms with van der Waals surface area (Å²) in [7, 11) is 0. The van der Waals surface area contributed by atoms with E-state index < -0.39 is 0 Å². The van der Waals surface area contributed by atoms with E-state index in [1.54, 1.807) is 0 Å². The molecule has 0 saturated carbocycles. The molecule has 7 nitrogen and oxygen atoms in total. The van der Waals surface area contributed by atoms with Gasteiger partial charge >= 0.3 is 0 Å². The number of aromatic nitrogens is 4. The van der Waals surface area contributed by atoms with Gasteiger partial charge in [-0.15, -0.1) is 0 Å². The molecule has 1 saturated heterocycles.